The van der Waals surface area contributed by atoms with Crippen molar-refractivity contribution in [3.8, 4) is 0 Å². The van der Waals surface area contributed by atoms with Gasteiger partial charge in [-0.2, -0.15) is 14.7 Å². The Bertz CT molecular complexity index is 1260. The molecule has 0 saturated heterocycles. The fourth-order valence-corrected chi connectivity index (χ4v) is 3.98. The number of hydrogen-bond acceptors (Lipinski definition) is 7. The summed E-state index contributed by atoms with van der Waals surface area (Å²) in [6.07, 6.45) is 0. The Morgan fingerprint density at radius 2 is 1.90 bits per heavy atom. The highest BCUT2D eigenvalue weighted by molar-refractivity contribution is 7.16. The zero-order chi connectivity index (χ0) is 20.5. The maximum absolute atomic E-state index is 12.7. The van der Waals surface area contributed by atoms with E-state index in [1.807, 2.05) is 37.3 Å². The Hall–Kier alpha value is -3.33. The number of nitrogens with zero attached hydrogens (tertiary/aromatic N) is 5. The fraction of sp³-hybridized carbons (Fsp3) is 0.250. The molecule has 148 valence electrons. The van der Waals surface area contributed by atoms with E-state index in [9.17, 15) is 9.59 Å². The number of carbonyl (C=O) groups is 1. The molecule has 4 aromatic rings. The first kappa shape index (κ1) is 19.0. The zero-order valence-electron chi connectivity index (χ0n) is 16.2. The highest BCUT2D eigenvalue weighted by Crippen LogP contribution is 2.18. The van der Waals surface area contributed by atoms with Crippen molar-refractivity contribution >= 4 is 22.3 Å². The van der Waals surface area contributed by atoms with Gasteiger partial charge < -0.3 is 4.74 Å². The molecule has 0 aliphatic rings. The first-order valence-corrected chi connectivity index (χ1v) is 9.85. The van der Waals surface area contributed by atoms with Crippen LogP contribution in [-0.2, 0) is 17.9 Å². The lowest BCUT2D eigenvalue weighted by Gasteiger charge is -2.06. The molecule has 0 fully saturated rings. The summed E-state index contributed by atoms with van der Waals surface area (Å²) in [6, 6.07) is 11.3. The number of aryl methyl sites for hydroxylation is 2. The summed E-state index contributed by atoms with van der Waals surface area (Å²) in [7, 11) is 0. The molecule has 0 aliphatic heterocycles. The van der Waals surface area contributed by atoms with Crippen molar-refractivity contribution in [2.24, 2.45) is 0 Å². The van der Waals surface area contributed by atoms with Gasteiger partial charge >= 0.3 is 5.97 Å². The minimum Gasteiger partial charge on any atom is -0.455 e. The van der Waals surface area contributed by atoms with Crippen LogP contribution < -0.4 is 5.56 Å². The molecule has 9 heteroatoms. The lowest BCUT2D eigenvalue weighted by molar-refractivity contribution is 0.0469. The third-order valence-corrected chi connectivity index (χ3v) is 5.38. The van der Waals surface area contributed by atoms with Crippen LogP contribution in [0.5, 0.6) is 0 Å². The first-order valence-electron chi connectivity index (χ1n) is 9.04. The molecule has 0 aliphatic carbocycles. The predicted molar refractivity (Wildman–Crippen MR) is 108 cm³/mol. The molecule has 0 radical (unpaired) electrons. The van der Waals surface area contributed by atoms with Crippen LogP contribution in [0.4, 0.5) is 0 Å². The van der Waals surface area contributed by atoms with Crippen molar-refractivity contribution in [3.05, 3.63) is 80.0 Å². The lowest BCUT2D eigenvalue weighted by Crippen LogP contribution is -2.14. The molecule has 0 bridgehead atoms. The van der Waals surface area contributed by atoms with Gasteiger partial charge in [-0.1, -0.05) is 41.7 Å². The second-order valence-electron chi connectivity index (χ2n) is 6.69. The van der Waals surface area contributed by atoms with Gasteiger partial charge in [-0.3, -0.25) is 9.48 Å². The van der Waals surface area contributed by atoms with Gasteiger partial charge in [0.15, 0.2) is 5.01 Å². The smallest absolute Gasteiger partial charge is 0.342 e. The molecule has 0 saturated carbocycles. The van der Waals surface area contributed by atoms with E-state index in [1.165, 1.54) is 21.9 Å². The predicted octanol–water partition coefficient (Wildman–Crippen LogP) is 2.68. The number of rotatable bonds is 5. The van der Waals surface area contributed by atoms with Crippen molar-refractivity contribution in [2.75, 3.05) is 0 Å². The van der Waals surface area contributed by atoms with Crippen LogP contribution in [0.1, 0.15) is 38.0 Å². The summed E-state index contributed by atoms with van der Waals surface area (Å²) < 4.78 is 8.47. The van der Waals surface area contributed by atoms with Gasteiger partial charge in [0, 0.05) is 11.8 Å². The van der Waals surface area contributed by atoms with E-state index in [0.29, 0.717) is 33.5 Å². The van der Waals surface area contributed by atoms with Crippen molar-refractivity contribution in [2.45, 2.75) is 33.9 Å². The molecule has 0 atom stereocenters. The van der Waals surface area contributed by atoms with E-state index in [4.69, 9.17) is 4.74 Å². The number of esters is 1. The maximum atomic E-state index is 12.7. The molecule has 0 amide bonds. The Morgan fingerprint density at radius 3 is 2.66 bits per heavy atom. The normalized spacial score (nSPS) is 11.1. The van der Waals surface area contributed by atoms with E-state index in [0.717, 1.165) is 11.3 Å². The van der Waals surface area contributed by atoms with Crippen LogP contribution in [0.3, 0.4) is 0 Å². The number of fused-ring (bicyclic) bond motifs is 1. The third kappa shape index (κ3) is 3.81. The molecule has 0 N–H and O–H groups in total. The number of ether oxygens (including phenoxy) is 1. The van der Waals surface area contributed by atoms with E-state index >= 15 is 0 Å². The fourth-order valence-electron chi connectivity index (χ4n) is 3.12. The van der Waals surface area contributed by atoms with Gasteiger partial charge in [0.25, 0.3) is 5.56 Å². The second kappa shape index (κ2) is 7.59. The Kier molecular flexibility index (Phi) is 4.98. The summed E-state index contributed by atoms with van der Waals surface area (Å²) in [4.78, 5) is 29.4. The molecule has 4 rings (SSSR count). The van der Waals surface area contributed by atoms with Gasteiger partial charge in [0.05, 0.1) is 17.9 Å². The van der Waals surface area contributed by atoms with Crippen LogP contribution in [0.2, 0.25) is 0 Å². The SMILES string of the molecule is Cc1cc(=O)n2nc(COC(=O)c3c(C)nn(Cc4ccccc4)c3C)sc2n1. The monoisotopic (exact) mass is 409 g/mol. The lowest BCUT2D eigenvalue weighted by atomic mass is 10.2. The van der Waals surface area contributed by atoms with Gasteiger partial charge in [-0.05, 0) is 26.3 Å². The highest BCUT2D eigenvalue weighted by Gasteiger charge is 2.21. The standard InChI is InChI=1S/C20H19N5O3S/c1-12-9-17(26)25-20(21-12)29-16(23-25)11-28-19(27)18-13(2)22-24(14(18)3)10-15-7-5-4-6-8-15/h4-9H,10-11H2,1-3H3. The van der Waals surface area contributed by atoms with Gasteiger partial charge in [0.2, 0.25) is 4.96 Å². The molecule has 8 nitrogen and oxygen atoms in total. The molecule has 1 aromatic carbocycles. The molecular formula is C20H19N5O3S. The summed E-state index contributed by atoms with van der Waals surface area (Å²) in [6.45, 7) is 5.93. The Morgan fingerprint density at radius 1 is 1.14 bits per heavy atom. The van der Waals surface area contributed by atoms with Gasteiger partial charge in [0.1, 0.15) is 12.2 Å². The maximum Gasteiger partial charge on any atom is 0.342 e. The van der Waals surface area contributed by atoms with E-state index in [-0.39, 0.29) is 12.2 Å². The van der Waals surface area contributed by atoms with Crippen LogP contribution in [0.25, 0.3) is 4.96 Å². The van der Waals surface area contributed by atoms with Crippen molar-refractivity contribution in [3.63, 3.8) is 0 Å². The van der Waals surface area contributed by atoms with E-state index in [2.05, 4.69) is 15.2 Å². The van der Waals surface area contributed by atoms with Crippen LogP contribution in [-0.4, -0.2) is 30.3 Å². The minimum absolute atomic E-state index is 0.0336. The second-order valence-corrected chi connectivity index (χ2v) is 7.73. The quantitative estimate of drug-likeness (QED) is 0.471. The summed E-state index contributed by atoms with van der Waals surface area (Å²) in [5, 5.41) is 9.17. The number of carbonyl (C=O) groups excluding carboxylic acids is 1. The molecular weight excluding hydrogens is 390 g/mol. The van der Waals surface area contributed by atoms with E-state index < -0.39 is 5.97 Å². The average Bonchev–Trinajstić information content (AvgIpc) is 3.21. The van der Waals surface area contributed by atoms with E-state index in [1.54, 1.807) is 18.5 Å². The van der Waals surface area contributed by atoms with Crippen LogP contribution in [0, 0.1) is 20.8 Å². The molecule has 0 spiro atoms. The number of hydrogen-bond donors (Lipinski definition) is 0. The first-order chi connectivity index (χ1) is 13.9. The number of aromatic nitrogens is 5. The molecule has 3 heterocycles. The molecule has 29 heavy (non-hydrogen) atoms. The summed E-state index contributed by atoms with van der Waals surface area (Å²) in [5.41, 5.74) is 3.28. The topological polar surface area (TPSA) is 91.4 Å². The van der Waals surface area contributed by atoms with Gasteiger partial charge in [-0.25, -0.2) is 9.78 Å². The van der Waals surface area contributed by atoms with Crippen molar-refractivity contribution in [1.82, 2.24) is 24.4 Å². The van der Waals surface area contributed by atoms with Gasteiger partial charge in [-0.15, -0.1) is 0 Å². The van der Waals surface area contributed by atoms with Crippen LogP contribution in [0.15, 0.2) is 41.2 Å². The minimum atomic E-state index is -0.463. The Balaban J connectivity index is 1.52. The highest BCUT2D eigenvalue weighted by atomic mass is 32.1. The van der Waals surface area contributed by atoms with Crippen molar-refractivity contribution < 1.29 is 9.53 Å². The summed E-state index contributed by atoms with van der Waals surface area (Å²) in [5.74, 6) is -0.463. The molecule has 0 unspecified atom stereocenters. The molecule has 3 aromatic heterocycles. The number of benzene rings is 1. The van der Waals surface area contributed by atoms with Crippen LogP contribution >= 0.6 is 11.3 Å². The largest absolute Gasteiger partial charge is 0.455 e. The van der Waals surface area contributed by atoms with Crippen molar-refractivity contribution in [1.29, 1.82) is 0 Å². The third-order valence-electron chi connectivity index (χ3n) is 4.50. The summed E-state index contributed by atoms with van der Waals surface area (Å²) >= 11 is 1.22. The Labute approximate surface area is 170 Å². The average molecular weight is 409 g/mol. The zero-order valence-corrected chi connectivity index (χ0v) is 17.1.